The molecule has 1 aromatic rings. The number of nitro groups is 1. The second kappa shape index (κ2) is 5.27. The molecule has 4 N–H and O–H groups in total. The zero-order valence-electron chi connectivity index (χ0n) is 9.75. The van der Waals surface area contributed by atoms with Crippen molar-refractivity contribution < 1.29 is 13.3 Å². The van der Waals surface area contributed by atoms with Crippen LogP contribution in [-0.2, 0) is 10.0 Å². The number of nitrogen functional groups attached to an aromatic ring is 1. The first-order valence-corrected chi connectivity index (χ1v) is 6.21. The average molecular weight is 275 g/mol. The minimum Gasteiger partial charge on any atom is -0.318 e. The van der Waals surface area contributed by atoms with Crippen LogP contribution in [0.15, 0.2) is 23.1 Å². The van der Waals surface area contributed by atoms with Crippen LogP contribution in [0.4, 0.5) is 11.4 Å². The van der Waals surface area contributed by atoms with Crippen molar-refractivity contribution in [1.29, 1.82) is 0 Å². The first-order chi connectivity index (χ1) is 8.27. The number of hydrazine groups is 2. The van der Waals surface area contributed by atoms with E-state index in [0.29, 0.717) is 0 Å². The molecule has 0 amide bonds. The second-order valence-electron chi connectivity index (χ2n) is 3.57. The monoisotopic (exact) mass is 275 g/mol. The summed E-state index contributed by atoms with van der Waals surface area (Å²) in [4.78, 5) is 12.1. The Bertz CT molecular complexity index is 557. The summed E-state index contributed by atoms with van der Waals surface area (Å²) < 4.78 is 23.6. The van der Waals surface area contributed by atoms with Crippen LogP contribution >= 0.6 is 0 Å². The van der Waals surface area contributed by atoms with Gasteiger partial charge in [0, 0.05) is 20.2 Å². The van der Waals surface area contributed by atoms with E-state index in [9.17, 15) is 18.5 Å². The molecule has 0 radical (unpaired) electrons. The van der Waals surface area contributed by atoms with Gasteiger partial charge in [-0.3, -0.25) is 16.0 Å². The Balaban J connectivity index is 3.25. The summed E-state index contributed by atoms with van der Waals surface area (Å²) in [5.74, 6) is 5.12. The summed E-state index contributed by atoms with van der Waals surface area (Å²) in [6, 6.07) is 3.29. The highest BCUT2D eigenvalue weighted by Gasteiger charge is 2.20. The van der Waals surface area contributed by atoms with Crippen molar-refractivity contribution >= 4 is 21.4 Å². The van der Waals surface area contributed by atoms with E-state index in [1.807, 2.05) is 0 Å². The number of anilines is 1. The lowest BCUT2D eigenvalue weighted by Crippen LogP contribution is -2.36. The van der Waals surface area contributed by atoms with Crippen LogP contribution in [0.1, 0.15) is 0 Å². The predicted octanol–water partition coefficient (Wildman–Crippen LogP) is -0.365. The van der Waals surface area contributed by atoms with E-state index in [1.165, 1.54) is 19.1 Å². The van der Waals surface area contributed by atoms with Gasteiger partial charge >= 0.3 is 0 Å². The van der Waals surface area contributed by atoms with Gasteiger partial charge in [0.15, 0.2) is 0 Å². The van der Waals surface area contributed by atoms with Crippen LogP contribution < -0.4 is 16.1 Å². The van der Waals surface area contributed by atoms with Crippen LogP contribution in [0.25, 0.3) is 0 Å². The van der Waals surface area contributed by atoms with E-state index in [-0.39, 0.29) is 16.3 Å². The smallest absolute Gasteiger partial charge is 0.293 e. The van der Waals surface area contributed by atoms with Crippen LogP contribution in [0.2, 0.25) is 0 Å². The average Bonchev–Trinajstić information content (AvgIpc) is 2.26. The third-order valence-electron chi connectivity index (χ3n) is 1.93. The number of nitro benzene ring substituents is 1. The molecule has 0 aliphatic carbocycles. The fraction of sp³-hybridized carbons (Fsp3) is 0.250. The summed E-state index contributed by atoms with van der Waals surface area (Å²) in [5.41, 5.74) is 1.71. The normalized spacial score (nSPS) is 11.6. The molecule has 0 aromatic heterocycles. The summed E-state index contributed by atoms with van der Waals surface area (Å²) in [6.07, 6.45) is 0. The lowest BCUT2D eigenvalue weighted by Gasteiger charge is -2.13. The zero-order chi connectivity index (χ0) is 13.9. The summed E-state index contributed by atoms with van der Waals surface area (Å²) >= 11 is 0. The number of rotatable bonds is 5. The molecule has 1 aromatic carbocycles. The SMILES string of the molecule is CN(C)NS(=O)(=O)c1ccc([N+](=O)[O-])c(NN)c1. The second-order valence-corrected chi connectivity index (χ2v) is 5.23. The number of nitrogens with two attached hydrogens (primary N) is 1. The Morgan fingerprint density at radius 1 is 1.39 bits per heavy atom. The van der Waals surface area contributed by atoms with Crippen LogP contribution in [0.5, 0.6) is 0 Å². The standard InChI is InChI=1S/C8H13N5O4S/c1-12(2)11-18(16,17)6-3-4-8(13(14)15)7(5-6)10-9/h3-5,10-11H,9H2,1-2H3. The molecule has 0 spiro atoms. The van der Waals surface area contributed by atoms with Crippen molar-refractivity contribution in [2.45, 2.75) is 4.90 Å². The molecule has 0 heterocycles. The quantitative estimate of drug-likeness (QED) is 0.380. The van der Waals surface area contributed by atoms with E-state index in [1.54, 1.807) is 0 Å². The lowest BCUT2D eigenvalue weighted by molar-refractivity contribution is -0.384. The topological polar surface area (TPSA) is 131 Å². The van der Waals surface area contributed by atoms with Gasteiger partial charge < -0.3 is 5.43 Å². The maximum atomic E-state index is 11.8. The third kappa shape index (κ3) is 3.13. The first-order valence-electron chi connectivity index (χ1n) is 4.73. The zero-order valence-corrected chi connectivity index (χ0v) is 10.6. The Morgan fingerprint density at radius 2 is 2.00 bits per heavy atom. The Kier molecular flexibility index (Phi) is 4.19. The molecule has 0 aliphatic heterocycles. The van der Waals surface area contributed by atoms with Crippen molar-refractivity contribution in [3.8, 4) is 0 Å². The molecule has 0 aliphatic rings. The van der Waals surface area contributed by atoms with Gasteiger partial charge in [-0.1, -0.05) is 0 Å². The molecule has 1 rings (SSSR count). The van der Waals surface area contributed by atoms with Crippen LogP contribution in [0.3, 0.4) is 0 Å². The molecule has 0 fully saturated rings. The minimum absolute atomic E-state index is 0.0818. The van der Waals surface area contributed by atoms with Gasteiger partial charge in [0.25, 0.3) is 15.7 Å². The Morgan fingerprint density at radius 3 is 2.44 bits per heavy atom. The van der Waals surface area contributed by atoms with Gasteiger partial charge in [-0.2, -0.15) is 0 Å². The van der Waals surface area contributed by atoms with Crippen molar-refractivity contribution in [2.24, 2.45) is 5.84 Å². The number of nitrogens with one attached hydrogen (secondary N) is 2. The molecule has 9 nitrogen and oxygen atoms in total. The fourth-order valence-electron chi connectivity index (χ4n) is 1.25. The van der Waals surface area contributed by atoms with Crippen LogP contribution in [0, 0.1) is 10.1 Å². The fourth-order valence-corrected chi connectivity index (χ4v) is 2.36. The third-order valence-corrected chi connectivity index (χ3v) is 3.41. The maximum Gasteiger partial charge on any atom is 0.293 e. The predicted molar refractivity (Wildman–Crippen MR) is 64.9 cm³/mol. The molecule has 18 heavy (non-hydrogen) atoms. The Labute approximate surface area is 104 Å². The molecule has 0 bridgehead atoms. The van der Waals surface area contributed by atoms with Crippen molar-refractivity contribution in [1.82, 2.24) is 9.84 Å². The first kappa shape index (κ1) is 14.3. The van der Waals surface area contributed by atoms with Gasteiger partial charge in [0.2, 0.25) is 0 Å². The number of benzene rings is 1. The highest BCUT2D eigenvalue weighted by Crippen LogP contribution is 2.26. The molecular formula is C8H13N5O4S. The Hall–Kier alpha value is -1.75. The highest BCUT2D eigenvalue weighted by atomic mass is 32.2. The molecule has 0 saturated carbocycles. The van der Waals surface area contributed by atoms with E-state index in [4.69, 9.17) is 5.84 Å². The number of hydrogen-bond acceptors (Lipinski definition) is 7. The van der Waals surface area contributed by atoms with Crippen molar-refractivity contribution in [3.05, 3.63) is 28.3 Å². The van der Waals surface area contributed by atoms with Crippen molar-refractivity contribution in [3.63, 3.8) is 0 Å². The van der Waals surface area contributed by atoms with Gasteiger partial charge in [0.05, 0.1) is 9.82 Å². The lowest BCUT2D eigenvalue weighted by atomic mass is 10.3. The van der Waals surface area contributed by atoms with Gasteiger partial charge in [-0.15, -0.1) is 4.83 Å². The van der Waals surface area contributed by atoms with Gasteiger partial charge in [-0.05, 0) is 12.1 Å². The van der Waals surface area contributed by atoms with E-state index >= 15 is 0 Å². The molecular weight excluding hydrogens is 262 g/mol. The summed E-state index contributed by atoms with van der Waals surface area (Å²) in [6.45, 7) is 0. The van der Waals surface area contributed by atoms with Crippen molar-refractivity contribution in [2.75, 3.05) is 19.5 Å². The minimum atomic E-state index is -3.78. The number of nitrogens with zero attached hydrogens (tertiary/aromatic N) is 2. The van der Waals surface area contributed by atoms with E-state index in [2.05, 4.69) is 10.3 Å². The molecule has 0 saturated heterocycles. The maximum absolute atomic E-state index is 11.8. The van der Waals surface area contributed by atoms with Gasteiger partial charge in [-0.25, -0.2) is 13.4 Å². The molecule has 0 unspecified atom stereocenters. The molecule has 0 atom stereocenters. The summed E-state index contributed by atoms with van der Waals surface area (Å²) in [5, 5.41) is 11.9. The number of sulfonamides is 1. The molecule has 100 valence electrons. The highest BCUT2D eigenvalue weighted by molar-refractivity contribution is 7.89. The summed E-state index contributed by atoms with van der Waals surface area (Å²) in [7, 11) is -0.767. The number of hydrogen-bond donors (Lipinski definition) is 3. The molecule has 10 heteroatoms. The van der Waals surface area contributed by atoms with Gasteiger partial charge in [0.1, 0.15) is 5.69 Å². The van der Waals surface area contributed by atoms with Crippen LogP contribution in [-0.4, -0.2) is 32.4 Å². The van der Waals surface area contributed by atoms with E-state index < -0.39 is 14.9 Å². The van der Waals surface area contributed by atoms with E-state index in [0.717, 1.165) is 18.2 Å². The largest absolute Gasteiger partial charge is 0.318 e.